The molecule has 1 N–H and O–H groups in total. The molecule has 2 aromatic carbocycles. The molecule has 0 aliphatic heterocycles. The third-order valence-corrected chi connectivity index (χ3v) is 5.66. The van der Waals surface area contributed by atoms with E-state index in [-0.39, 0.29) is 11.4 Å². The summed E-state index contributed by atoms with van der Waals surface area (Å²) in [5.41, 5.74) is 1.67. The molecule has 0 aromatic heterocycles. The van der Waals surface area contributed by atoms with E-state index in [0.717, 1.165) is 30.4 Å². The molecule has 0 amide bonds. The van der Waals surface area contributed by atoms with Gasteiger partial charge in [-0.15, -0.1) is 0 Å². The van der Waals surface area contributed by atoms with Crippen LogP contribution < -0.4 is 9.46 Å². The van der Waals surface area contributed by atoms with E-state index in [1.165, 1.54) is 6.07 Å². The number of nitrogens with one attached hydrogen (secondary N) is 1. The van der Waals surface area contributed by atoms with Gasteiger partial charge in [-0.2, -0.15) is 0 Å². The van der Waals surface area contributed by atoms with Gasteiger partial charge in [0.1, 0.15) is 10.6 Å². The van der Waals surface area contributed by atoms with Gasteiger partial charge in [0.15, 0.2) is 0 Å². The minimum atomic E-state index is -3.73. The van der Waals surface area contributed by atoms with Crippen molar-refractivity contribution in [3.63, 3.8) is 0 Å². The molecule has 0 saturated carbocycles. The maximum Gasteiger partial charge on any atom is 0.244 e. The minimum Gasteiger partial charge on any atom is -0.492 e. The summed E-state index contributed by atoms with van der Waals surface area (Å²) in [5, 5.41) is 0.404. The van der Waals surface area contributed by atoms with Crippen molar-refractivity contribution in [1.82, 2.24) is 4.72 Å². The molecule has 0 heterocycles. The quantitative estimate of drug-likeness (QED) is 0.641. The van der Waals surface area contributed by atoms with Gasteiger partial charge in [0, 0.05) is 11.6 Å². The van der Waals surface area contributed by atoms with E-state index in [9.17, 15) is 8.42 Å². The van der Waals surface area contributed by atoms with Gasteiger partial charge in [-0.1, -0.05) is 61.7 Å². The number of unbranched alkanes of at least 4 members (excludes halogenated alkanes) is 2. The first-order valence-corrected chi connectivity index (χ1v) is 10.3. The Morgan fingerprint density at radius 1 is 1.12 bits per heavy atom. The molecule has 0 atom stereocenters. The van der Waals surface area contributed by atoms with E-state index in [1.54, 1.807) is 6.07 Å². The average Bonchev–Trinajstić information content (AvgIpc) is 2.60. The standard InChI is InChI=1S/C19H24ClNO3S/c1-3-4-8-11-24-18-12-15(2)17(20)13-19(18)25(22,23)21-14-16-9-6-5-7-10-16/h5-7,9-10,12-13,21H,3-4,8,11,14H2,1-2H3. The van der Waals surface area contributed by atoms with Crippen LogP contribution in [-0.2, 0) is 16.6 Å². The molecule has 0 fully saturated rings. The number of hydrogen-bond acceptors (Lipinski definition) is 3. The highest BCUT2D eigenvalue weighted by molar-refractivity contribution is 7.89. The van der Waals surface area contributed by atoms with Gasteiger partial charge in [-0.05, 0) is 36.6 Å². The summed E-state index contributed by atoms with van der Waals surface area (Å²) in [6, 6.07) is 12.5. The van der Waals surface area contributed by atoms with Crippen molar-refractivity contribution >= 4 is 21.6 Å². The maximum absolute atomic E-state index is 12.7. The Kier molecular flexibility index (Phi) is 7.29. The van der Waals surface area contributed by atoms with Crippen LogP contribution in [0.25, 0.3) is 0 Å². The van der Waals surface area contributed by atoms with E-state index in [1.807, 2.05) is 37.3 Å². The highest BCUT2D eigenvalue weighted by Gasteiger charge is 2.21. The lowest BCUT2D eigenvalue weighted by atomic mass is 10.2. The van der Waals surface area contributed by atoms with Crippen molar-refractivity contribution < 1.29 is 13.2 Å². The van der Waals surface area contributed by atoms with Gasteiger partial charge in [0.2, 0.25) is 10.0 Å². The van der Waals surface area contributed by atoms with Gasteiger partial charge in [0.05, 0.1) is 6.61 Å². The number of aryl methyl sites for hydroxylation is 1. The molecule has 0 unspecified atom stereocenters. The van der Waals surface area contributed by atoms with Crippen LogP contribution in [0.15, 0.2) is 47.4 Å². The summed E-state index contributed by atoms with van der Waals surface area (Å²) >= 11 is 6.15. The number of sulfonamides is 1. The Bertz CT molecular complexity index is 792. The van der Waals surface area contributed by atoms with E-state index < -0.39 is 10.0 Å². The third-order valence-electron chi connectivity index (χ3n) is 3.83. The van der Waals surface area contributed by atoms with Gasteiger partial charge >= 0.3 is 0 Å². The molecular weight excluding hydrogens is 358 g/mol. The molecule has 6 heteroatoms. The van der Waals surface area contributed by atoms with Gasteiger partial charge in [-0.3, -0.25) is 0 Å². The smallest absolute Gasteiger partial charge is 0.244 e. The molecule has 4 nitrogen and oxygen atoms in total. The Morgan fingerprint density at radius 3 is 2.52 bits per heavy atom. The molecule has 0 spiro atoms. The van der Waals surface area contributed by atoms with Crippen molar-refractivity contribution in [3.8, 4) is 5.75 Å². The van der Waals surface area contributed by atoms with E-state index in [2.05, 4.69) is 11.6 Å². The van der Waals surface area contributed by atoms with Crippen molar-refractivity contribution in [1.29, 1.82) is 0 Å². The zero-order chi connectivity index (χ0) is 18.3. The number of ether oxygens (including phenoxy) is 1. The molecular formula is C19H24ClNO3S. The van der Waals surface area contributed by atoms with Crippen molar-refractivity contribution in [2.45, 2.75) is 44.6 Å². The summed E-state index contributed by atoms with van der Waals surface area (Å²) < 4.78 is 33.8. The Labute approximate surface area is 155 Å². The Hall–Kier alpha value is -1.56. The Morgan fingerprint density at radius 2 is 1.84 bits per heavy atom. The Balaban J connectivity index is 2.20. The van der Waals surface area contributed by atoms with Gasteiger partial charge in [-0.25, -0.2) is 13.1 Å². The van der Waals surface area contributed by atoms with Crippen LogP contribution in [-0.4, -0.2) is 15.0 Å². The summed E-state index contributed by atoms with van der Waals surface area (Å²) in [7, 11) is -3.73. The number of hydrogen-bond donors (Lipinski definition) is 1. The topological polar surface area (TPSA) is 55.4 Å². The summed E-state index contributed by atoms with van der Waals surface area (Å²) in [6.45, 7) is 4.63. The fourth-order valence-electron chi connectivity index (χ4n) is 2.35. The monoisotopic (exact) mass is 381 g/mol. The first-order chi connectivity index (χ1) is 11.9. The highest BCUT2D eigenvalue weighted by atomic mass is 35.5. The van der Waals surface area contributed by atoms with Crippen molar-refractivity contribution in [3.05, 3.63) is 58.6 Å². The van der Waals surface area contributed by atoms with Gasteiger partial charge < -0.3 is 4.74 Å². The summed E-state index contributed by atoms with van der Waals surface area (Å²) in [5.74, 6) is 0.346. The zero-order valence-electron chi connectivity index (χ0n) is 14.6. The zero-order valence-corrected chi connectivity index (χ0v) is 16.2. The lowest BCUT2D eigenvalue weighted by Crippen LogP contribution is -2.24. The lowest BCUT2D eigenvalue weighted by molar-refractivity contribution is 0.298. The minimum absolute atomic E-state index is 0.0792. The molecule has 136 valence electrons. The number of rotatable bonds is 9. The predicted octanol–water partition coefficient (Wildman–Crippen LogP) is 4.70. The first kappa shape index (κ1) is 19.8. The second-order valence-electron chi connectivity index (χ2n) is 5.91. The average molecular weight is 382 g/mol. The molecule has 2 rings (SSSR count). The van der Waals surface area contributed by atoms with Crippen LogP contribution in [0.1, 0.15) is 37.3 Å². The van der Waals surface area contributed by atoms with Crippen LogP contribution in [0.3, 0.4) is 0 Å². The maximum atomic E-state index is 12.7. The molecule has 0 radical (unpaired) electrons. The molecule has 0 aliphatic carbocycles. The van der Waals surface area contributed by atoms with E-state index in [0.29, 0.717) is 17.4 Å². The predicted molar refractivity (Wildman–Crippen MR) is 102 cm³/mol. The largest absolute Gasteiger partial charge is 0.492 e. The second-order valence-corrected chi connectivity index (χ2v) is 8.06. The fraction of sp³-hybridized carbons (Fsp3) is 0.368. The normalized spacial score (nSPS) is 11.5. The van der Waals surface area contributed by atoms with Crippen LogP contribution in [0.2, 0.25) is 5.02 Å². The molecule has 25 heavy (non-hydrogen) atoms. The van der Waals surface area contributed by atoms with Crippen LogP contribution in [0.5, 0.6) is 5.75 Å². The van der Waals surface area contributed by atoms with E-state index >= 15 is 0 Å². The van der Waals surface area contributed by atoms with Crippen LogP contribution in [0, 0.1) is 6.92 Å². The first-order valence-electron chi connectivity index (χ1n) is 8.40. The van der Waals surface area contributed by atoms with Gasteiger partial charge in [0.25, 0.3) is 0 Å². The van der Waals surface area contributed by atoms with Crippen LogP contribution >= 0.6 is 11.6 Å². The number of halogens is 1. The summed E-state index contributed by atoms with van der Waals surface area (Å²) in [4.78, 5) is 0.0792. The molecule has 0 bridgehead atoms. The lowest BCUT2D eigenvalue weighted by Gasteiger charge is -2.14. The van der Waals surface area contributed by atoms with Crippen molar-refractivity contribution in [2.24, 2.45) is 0 Å². The SMILES string of the molecule is CCCCCOc1cc(C)c(Cl)cc1S(=O)(=O)NCc1ccccc1. The third kappa shape index (κ3) is 5.73. The van der Waals surface area contributed by atoms with Crippen molar-refractivity contribution in [2.75, 3.05) is 6.61 Å². The molecule has 2 aromatic rings. The molecule has 0 aliphatic rings. The second kappa shape index (κ2) is 9.22. The highest BCUT2D eigenvalue weighted by Crippen LogP contribution is 2.30. The number of benzene rings is 2. The molecule has 0 saturated heterocycles. The fourth-order valence-corrected chi connectivity index (χ4v) is 3.74. The summed E-state index contributed by atoms with van der Waals surface area (Å²) in [6.07, 6.45) is 3.00. The van der Waals surface area contributed by atoms with Crippen LogP contribution in [0.4, 0.5) is 0 Å². The van der Waals surface area contributed by atoms with E-state index in [4.69, 9.17) is 16.3 Å².